The fraction of sp³-hybridized carbons (Fsp3) is 0.323. The third-order valence-electron chi connectivity index (χ3n) is 7.19. The maximum Gasteiger partial charge on any atom is 0.258 e. The van der Waals surface area contributed by atoms with Gasteiger partial charge in [-0.05, 0) is 43.3 Å². The van der Waals surface area contributed by atoms with E-state index in [-0.39, 0.29) is 59.6 Å². The van der Waals surface area contributed by atoms with Crippen LogP contribution in [0, 0.1) is 17.6 Å². The van der Waals surface area contributed by atoms with Gasteiger partial charge in [0.15, 0.2) is 0 Å². The van der Waals surface area contributed by atoms with Crippen LogP contribution in [-0.2, 0) is 4.74 Å². The van der Waals surface area contributed by atoms with Crippen LogP contribution < -0.4 is 10.1 Å². The first-order valence-corrected chi connectivity index (χ1v) is 13.3. The van der Waals surface area contributed by atoms with Crippen molar-refractivity contribution in [1.29, 1.82) is 0 Å². The Morgan fingerprint density at radius 3 is 2.22 bits per heavy atom. The monoisotopic (exact) mass is 565 g/mol. The second-order valence-electron chi connectivity index (χ2n) is 10.2. The van der Waals surface area contributed by atoms with Crippen LogP contribution in [0.2, 0.25) is 0 Å². The molecule has 0 spiro atoms. The lowest BCUT2D eigenvalue weighted by atomic mass is 10.0. The molecule has 216 valence electrons. The molecular formula is C31H33F2N3O5. The molecular weight excluding hydrogens is 532 g/mol. The Balaban J connectivity index is 1.68. The zero-order valence-electron chi connectivity index (χ0n) is 23.4. The summed E-state index contributed by atoms with van der Waals surface area (Å²) in [6.07, 6.45) is -0.421. The van der Waals surface area contributed by atoms with Crippen molar-refractivity contribution >= 4 is 23.4 Å². The molecule has 0 aromatic heterocycles. The average molecular weight is 566 g/mol. The summed E-state index contributed by atoms with van der Waals surface area (Å²) in [5.74, 6) is -2.81. The lowest BCUT2D eigenvalue weighted by molar-refractivity contribution is 0.0110. The summed E-state index contributed by atoms with van der Waals surface area (Å²) in [6, 6.07) is 15.4. The van der Waals surface area contributed by atoms with Gasteiger partial charge in [0.25, 0.3) is 17.7 Å². The zero-order chi connectivity index (χ0) is 29.7. The highest BCUT2D eigenvalue weighted by Gasteiger charge is 2.31. The van der Waals surface area contributed by atoms with E-state index in [1.165, 1.54) is 59.5 Å². The number of fused-ring (bicyclic) bond motifs is 1. The third-order valence-corrected chi connectivity index (χ3v) is 7.19. The fourth-order valence-electron chi connectivity index (χ4n) is 4.77. The molecule has 3 aromatic carbocycles. The predicted octanol–water partition coefficient (Wildman–Crippen LogP) is 4.86. The lowest BCUT2D eigenvalue weighted by Crippen LogP contribution is -2.48. The molecule has 0 radical (unpaired) electrons. The van der Waals surface area contributed by atoms with Crippen molar-refractivity contribution in [2.75, 3.05) is 39.2 Å². The summed E-state index contributed by atoms with van der Waals surface area (Å²) in [5.41, 5.74) is 0.333. The van der Waals surface area contributed by atoms with E-state index in [9.17, 15) is 23.2 Å². The molecule has 3 amide bonds. The highest BCUT2D eigenvalue weighted by Crippen LogP contribution is 2.28. The van der Waals surface area contributed by atoms with E-state index in [1.54, 1.807) is 38.1 Å². The largest absolute Gasteiger partial charge is 0.491 e. The first-order chi connectivity index (χ1) is 19.6. The fourth-order valence-corrected chi connectivity index (χ4v) is 4.77. The van der Waals surface area contributed by atoms with Gasteiger partial charge in [0, 0.05) is 44.9 Å². The minimum Gasteiger partial charge on any atom is -0.491 e. The number of benzene rings is 3. The van der Waals surface area contributed by atoms with Gasteiger partial charge in [-0.15, -0.1) is 0 Å². The van der Waals surface area contributed by atoms with Gasteiger partial charge in [0.05, 0.1) is 28.8 Å². The first kappa shape index (κ1) is 29.7. The molecule has 0 saturated heterocycles. The number of anilines is 1. The number of likely N-dealkylation sites (N-methyl/N-ethyl adjacent to an activating group) is 1. The van der Waals surface area contributed by atoms with Gasteiger partial charge in [0.2, 0.25) is 0 Å². The average Bonchev–Trinajstić information content (AvgIpc) is 2.96. The van der Waals surface area contributed by atoms with Gasteiger partial charge < -0.3 is 24.6 Å². The zero-order valence-corrected chi connectivity index (χ0v) is 23.4. The molecule has 0 unspecified atom stereocenters. The summed E-state index contributed by atoms with van der Waals surface area (Å²) >= 11 is 0. The Kier molecular flexibility index (Phi) is 9.34. The SMILES string of the molecule is CO[C@@H]1CN(C)C(=O)c2ccc(NC(=O)c3ccccc3F)cc2OC[C@@H](C)N(C(=O)c2ccccc2F)C[C@H]1C. The Labute approximate surface area is 237 Å². The Bertz CT molecular complexity index is 1430. The van der Waals surface area contributed by atoms with Crippen LogP contribution in [0.25, 0.3) is 0 Å². The lowest BCUT2D eigenvalue weighted by Gasteiger charge is -2.36. The summed E-state index contributed by atoms with van der Waals surface area (Å²) in [4.78, 5) is 42.7. The van der Waals surface area contributed by atoms with Crippen molar-refractivity contribution in [1.82, 2.24) is 9.80 Å². The number of carbonyl (C=O) groups is 3. The number of carbonyl (C=O) groups excluding carboxylic acids is 3. The van der Waals surface area contributed by atoms with E-state index in [0.29, 0.717) is 0 Å². The van der Waals surface area contributed by atoms with Gasteiger partial charge in [-0.2, -0.15) is 0 Å². The number of halogens is 2. The number of methoxy groups -OCH3 is 1. The quantitative estimate of drug-likeness (QED) is 0.488. The molecule has 0 aliphatic carbocycles. The van der Waals surface area contributed by atoms with E-state index in [0.717, 1.165) is 0 Å². The van der Waals surface area contributed by atoms with Gasteiger partial charge in [-0.1, -0.05) is 31.2 Å². The first-order valence-electron chi connectivity index (χ1n) is 13.3. The number of ether oxygens (including phenoxy) is 2. The van der Waals surface area contributed by atoms with Crippen molar-refractivity contribution in [3.63, 3.8) is 0 Å². The number of hydrogen-bond donors (Lipinski definition) is 1. The van der Waals surface area contributed by atoms with Crippen molar-refractivity contribution in [3.8, 4) is 5.75 Å². The molecule has 8 nitrogen and oxygen atoms in total. The molecule has 1 heterocycles. The van der Waals surface area contributed by atoms with Crippen LogP contribution in [-0.4, -0.2) is 73.5 Å². The second-order valence-corrected chi connectivity index (χ2v) is 10.2. The molecule has 1 aliphatic rings. The Morgan fingerprint density at radius 2 is 1.59 bits per heavy atom. The number of amides is 3. The summed E-state index contributed by atoms with van der Waals surface area (Å²) in [5, 5.41) is 2.64. The molecule has 1 N–H and O–H groups in total. The molecule has 10 heteroatoms. The topological polar surface area (TPSA) is 88.2 Å². The number of nitrogens with one attached hydrogen (secondary N) is 1. The van der Waals surface area contributed by atoms with E-state index in [4.69, 9.17) is 9.47 Å². The van der Waals surface area contributed by atoms with Crippen LogP contribution in [0.1, 0.15) is 44.9 Å². The second kappa shape index (κ2) is 12.9. The predicted molar refractivity (Wildman–Crippen MR) is 150 cm³/mol. The van der Waals surface area contributed by atoms with Gasteiger partial charge in [-0.3, -0.25) is 14.4 Å². The highest BCUT2D eigenvalue weighted by molar-refractivity contribution is 6.05. The number of nitrogens with zero attached hydrogens (tertiary/aromatic N) is 2. The van der Waals surface area contributed by atoms with E-state index in [1.807, 2.05) is 6.92 Å². The number of hydrogen-bond acceptors (Lipinski definition) is 5. The summed E-state index contributed by atoms with van der Waals surface area (Å²) in [6.45, 7) is 4.10. The molecule has 4 rings (SSSR count). The maximum absolute atomic E-state index is 14.6. The maximum atomic E-state index is 14.6. The summed E-state index contributed by atoms with van der Waals surface area (Å²) < 4.78 is 40.5. The van der Waals surface area contributed by atoms with E-state index >= 15 is 0 Å². The molecule has 0 fully saturated rings. The van der Waals surface area contributed by atoms with Crippen molar-refractivity contribution < 1.29 is 32.6 Å². The molecule has 3 aromatic rings. The highest BCUT2D eigenvalue weighted by atomic mass is 19.1. The smallest absolute Gasteiger partial charge is 0.258 e. The van der Waals surface area contributed by atoms with E-state index < -0.39 is 35.6 Å². The van der Waals surface area contributed by atoms with Crippen LogP contribution in [0.15, 0.2) is 66.7 Å². The van der Waals surface area contributed by atoms with Gasteiger partial charge >= 0.3 is 0 Å². The molecule has 1 aliphatic heterocycles. The van der Waals surface area contributed by atoms with Crippen LogP contribution in [0.4, 0.5) is 14.5 Å². The minimum absolute atomic E-state index is 0.0285. The van der Waals surface area contributed by atoms with Crippen molar-refractivity contribution in [2.24, 2.45) is 5.92 Å². The molecule has 0 saturated carbocycles. The van der Waals surface area contributed by atoms with Crippen molar-refractivity contribution in [3.05, 3.63) is 95.1 Å². The van der Waals surface area contributed by atoms with Crippen LogP contribution in [0.3, 0.4) is 0 Å². The minimum atomic E-state index is -0.667. The Morgan fingerprint density at radius 1 is 0.951 bits per heavy atom. The van der Waals surface area contributed by atoms with Crippen molar-refractivity contribution in [2.45, 2.75) is 26.0 Å². The molecule has 41 heavy (non-hydrogen) atoms. The van der Waals surface area contributed by atoms with E-state index in [2.05, 4.69) is 5.32 Å². The number of rotatable bonds is 4. The van der Waals surface area contributed by atoms with Gasteiger partial charge in [0.1, 0.15) is 24.0 Å². The van der Waals surface area contributed by atoms with Gasteiger partial charge in [-0.25, -0.2) is 8.78 Å². The standard InChI is InChI=1S/C31H33F2N3O5/c1-19-16-36(31(39)23-10-6-8-12-26(23)33)20(2)18-41-27-15-21(34-29(37)22-9-5-7-11-25(22)32)13-14-24(27)30(38)35(3)17-28(19)40-4/h5-15,19-20,28H,16-18H2,1-4H3,(H,34,37)/t19-,20-,28-/m1/s1. The normalized spacial score (nSPS) is 19.9. The molecule has 3 atom stereocenters. The summed E-state index contributed by atoms with van der Waals surface area (Å²) in [7, 11) is 3.18. The van der Waals surface area contributed by atoms with Crippen LogP contribution in [0.5, 0.6) is 5.75 Å². The third kappa shape index (κ3) is 6.71. The van der Waals surface area contributed by atoms with Crippen LogP contribution >= 0.6 is 0 Å². The molecule has 0 bridgehead atoms. The Hall–Kier alpha value is -4.31.